The molecule has 1 saturated carbocycles. The highest BCUT2D eigenvalue weighted by atomic mass is 16.3. The number of nitrogens with zero attached hydrogens (tertiary/aromatic N) is 1. The fourth-order valence-electron chi connectivity index (χ4n) is 2.25. The maximum absolute atomic E-state index is 11.8. The maximum Gasteiger partial charge on any atom is 0.244 e. The summed E-state index contributed by atoms with van der Waals surface area (Å²) in [6.07, 6.45) is 1.66. The summed E-state index contributed by atoms with van der Waals surface area (Å²) in [5, 5.41) is 0. The summed E-state index contributed by atoms with van der Waals surface area (Å²) >= 11 is 0. The van der Waals surface area contributed by atoms with E-state index >= 15 is 0 Å². The third-order valence-corrected chi connectivity index (χ3v) is 3.36. The van der Waals surface area contributed by atoms with Gasteiger partial charge in [0, 0.05) is 6.92 Å². The van der Waals surface area contributed by atoms with Crippen LogP contribution < -0.4 is 11.3 Å². The molecule has 0 radical (unpaired) electrons. The summed E-state index contributed by atoms with van der Waals surface area (Å²) < 4.78 is 5.47. The number of rotatable bonds is 2. The highest BCUT2D eigenvalue weighted by Gasteiger charge is 2.51. The van der Waals surface area contributed by atoms with Gasteiger partial charge in [-0.15, -0.1) is 0 Å². The van der Waals surface area contributed by atoms with E-state index < -0.39 is 5.41 Å². The molecule has 1 fully saturated rings. The lowest BCUT2D eigenvalue weighted by atomic mass is 9.95. The molecule has 1 aromatic carbocycles. The number of hydrogen-bond acceptors (Lipinski definition) is 4. The van der Waals surface area contributed by atoms with E-state index in [0.29, 0.717) is 5.89 Å². The highest BCUT2D eigenvalue weighted by molar-refractivity contribution is 5.92. The van der Waals surface area contributed by atoms with Crippen LogP contribution in [0.15, 0.2) is 22.6 Å². The molecule has 88 valence electrons. The number of hydrazine groups is 1. The van der Waals surface area contributed by atoms with Gasteiger partial charge in [-0.3, -0.25) is 10.2 Å². The standard InChI is InChI=1S/C12H13N3O2/c1-7-14-9-3-2-8(6-10(9)17-7)12(4-5-12)11(16)15-13/h2-3,6H,4-5,13H2,1H3,(H,15,16). The average molecular weight is 231 g/mol. The molecule has 2 aromatic rings. The number of benzene rings is 1. The Morgan fingerprint density at radius 1 is 1.53 bits per heavy atom. The third-order valence-electron chi connectivity index (χ3n) is 3.36. The lowest BCUT2D eigenvalue weighted by molar-refractivity contribution is -0.123. The molecule has 0 spiro atoms. The van der Waals surface area contributed by atoms with Crippen LogP contribution in [0.2, 0.25) is 0 Å². The molecule has 3 N–H and O–H groups in total. The Kier molecular flexibility index (Phi) is 2.00. The van der Waals surface area contributed by atoms with Crippen LogP contribution in [0.1, 0.15) is 24.3 Å². The number of carbonyl (C=O) groups is 1. The number of nitrogens with one attached hydrogen (secondary N) is 1. The topological polar surface area (TPSA) is 81.2 Å². The molecular formula is C12H13N3O2. The summed E-state index contributed by atoms with van der Waals surface area (Å²) in [7, 11) is 0. The maximum atomic E-state index is 11.8. The number of amides is 1. The van der Waals surface area contributed by atoms with Crippen LogP contribution in [0, 0.1) is 6.92 Å². The summed E-state index contributed by atoms with van der Waals surface area (Å²) in [5.41, 5.74) is 4.26. The Morgan fingerprint density at radius 3 is 2.94 bits per heavy atom. The smallest absolute Gasteiger partial charge is 0.244 e. The van der Waals surface area contributed by atoms with Gasteiger partial charge in [-0.1, -0.05) is 6.07 Å². The lowest BCUT2D eigenvalue weighted by Gasteiger charge is -2.12. The van der Waals surface area contributed by atoms with Gasteiger partial charge < -0.3 is 4.42 Å². The molecule has 0 atom stereocenters. The minimum Gasteiger partial charge on any atom is -0.441 e. The molecule has 1 heterocycles. The van der Waals surface area contributed by atoms with Crippen molar-refractivity contribution in [3.63, 3.8) is 0 Å². The molecule has 1 aromatic heterocycles. The number of carbonyl (C=O) groups excluding carboxylic acids is 1. The summed E-state index contributed by atoms with van der Waals surface area (Å²) in [5.74, 6) is 5.72. The highest BCUT2D eigenvalue weighted by Crippen LogP contribution is 2.48. The predicted octanol–water partition coefficient (Wildman–Crippen LogP) is 1.16. The first-order valence-electron chi connectivity index (χ1n) is 5.54. The number of aromatic nitrogens is 1. The van der Waals surface area contributed by atoms with Gasteiger partial charge in [-0.2, -0.15) is 0 Å². The summed E-state index contributed by atoms with van der Waals surface area (Å²) in [6.45, 7) is 1.80. The van der Waals surface area contributed by atoms with E-state index in [4.69, 9.17) is 10.3 Å². The zero-order valence-corrected chi connectivity index (χ0v) is 9.49. The van der Waals surface area contributed by atoms with Crippen molar-refractivity contribution < 1.29 is 9.21 Å². The molecule has 5 heteroatoms. The molecule has 1 aliphatic carbocycles. The number of oxazole rings is 1. The number of nitrogens with two attached hydrogens (primary N) is 1. The van der Waals surface area contributed by atoms with Gasteiger partial charge in [-0.05, 0) is 30.5 Å². The van der Waals surface area contributed by atoms with Crippen LogP contribution in [0.4, 0.5) is 0 Å². The second kappa shape index (κ2) is 3.30. The molecule has 0 saturated heterocycles. The molecule has 17 heavy (non-hydrogen) atoms. The normalized spacial score (nSPS) is 17.1. The molecule has 5 nitrogen and oxygen atoms in total. The van der Waals surface area contributed by atoms with Gasteiger partial charge >= 0.3 is 0 Å². The quantitative estimate of drug-likeness (QED) is 0.461. The summed E-state index contributed by atoms with van der Waals surface area (Å²) in [6, 6.07) is 5.69. The first-order valence-corrected chi connectivity index (χ1v) is 5.54. The molecule has 3 rings (SSSR count). The van der Waals surface area contributed by atoms with Crippen molar-refractivity contribution in [3.05, 3.63) is 29.7 Å². The Hall–Kier alpha value is -1.88. The zero-order chi connectivity index (χ0) is 12.0. The predicted molar refractivity (Wildman–Crippen MR) is 62.0 cm³/mol. The zero-order valence-electron chi connectivity index (χ0n) is 9.49. The van der Waals surface area contributed by atoms with E-state index in [9.17, 15) is 4.79 Å². The van der Waals surface area contributed by atoms with E-state index in [1.807, 2.05) is 18.2 Å². The van der Waals surface area contributed by atoms with Crippen LogP contribution in [0.25, 0.3) is 11.1 Å². The number of hydrogen-bond donors (Lipinski definition) is 2. The first-order chi connectivity index (χ1) is 8.15. The molecule has 1 amide bonds. The molecule has 0 aliphatic heterocycles. The molecular weight excluding hydrogens is 218 g/mol. The Labute approximate surface area is 98.0 Å². The molecule has 1 aliphatic rings. The molecule has 0 unspecified atom stereocenters. The van der Waals surface area contributed by atoms with Crippen LogP contribution in [0.5, 0.6) is 0 Å². The monoisotopic (exact) mass is 231 g/mol. The van der Waals surface area contributed by atoms with Crippen LogP contribution >= 0.6 is 0 Å². The average Bonchev–Trinajstić information content (AvgIpc) is 3.04. The van der Waals surface area contributed by atoms with Crippen molar-refractivity contribution in [3.8, 4) is 0 Å². The van der Waals surface area contributed by atoms with E-state index in [2.05, 4.69) is 10.4 Å². The third kappa shape index (κ3) is 1.43. The van der Waals surface area contributed by atoms with E-state index in [1.165, 1.54) is 0 Å². The van der Waals surface area contributed by atoms with Crippen LogP contribution in [-0.2, 0) is 10.2 Å². The fraction of sp³-hybridized carbons (Fsp3) is 0.333. The van der Waals surface area contributed by atoms with Gasteiger partial charge in [0.15, 0.2) is 11.5 Å². The lowest BCUT2D eigenvalue weighted by Crippen LogP contribution is -2.39. The van der Waals surface area contributed by atoms with Crippen molar-refractivity contribution in [1.29, 1.82) is 0 Å². The second-order valence-corrected chi connectivity index (χ2v) is 4.47. The number of fused-ring (bicyclic) bond motifs is 1. The van der Waals surface area contributed by atoms with Crippen molar-refractivity contribution in [2.24, 2.45) is 5.84 Å². The Morgan fingerprint density at radius 2 is 2.29 bits per heavy atom. The van der Waals surface area contributed by atoms with Crippen molar-refractivity contribution >= 4 is 17.0 Å². The minimum absolute atomic E-state index is 0.131. The van der Waals surface area contributed by atoms with Crippen LogP contribution in [-0.4, -0.2) is 10.9 Å². The van der Waals surface area contributed by atoms with Crippen molar-refractivity contribution in [2.45, 2.75) is 25.2 Å². The first kappa shape index (κ1) is 10.3. The number of aryl methyl sites for hydroxylation is 1. The van der Waals surface area contributed by atoms with E-state index in [1.54, 1.807) is 6.92 Å². The van der Waals surface area contributed by atoms with Crippen molar-refractivity contribution in [2.75, 3.05) is 0 Å². The molecule has 0 bridgehead atoms. The van der Waals surface area contributed by atoms with Gasteiger partial charge in [-0.25, -0.2) is 10.8 Å². The Balaban J connectivity index is 2.09. The van der Waals surface area contributed by atoms with Gasteiger partial charge in [0.2, 0.25) is 5.91 Å². The van der Waals surface area contributed by atoms with Crippen LogP contribution in [0.3, 0.4) is 0 Å². The van der Waals surface area contributed by atoms with Crippen molar-refractivity contribution in [1.82, 2.24) is 10.4 Å². The second-order valence-electron chi connectivity index (χ2n) is 4.47. The van der Waals surface area contributed by atoms with Gasteiger partial charge in [0.05, 0.1) is 5.41 Å². The van der Waals surface area contributed by atoms with E-state index in [0.717, 1.165) is 29.5 Å². The minimum atomic E-state index is -0.455. The van der Waals surface area contributed by atoms with Gasteiger partial charge in [0.1, 0.15) is 5.52 Å². The van der Waals surface area contributed by atoms with E-state index in [-0.39, 0.29) is 5.91 Å². The summed E-state index contributed by atoms with van der Waals surface area (Å²) in [4.78, 5) is 16.0. The van der Waals surface area contributed by atoms with Gasteiger partial charge in [0.25, 0.3) is 0 Å². The SMILES string of the molecule is Cc1nc2ccc(C3(C(=O)NN)CC3)cc2o1. The fourth-order valence-corrected chi connectivity index (χ4v) is 2.25. The largest absolute Gasteiger partial charge is 0.441 e. The Bertz CT molecular complexity index is 599.